The molecule has 0 saturated carbocycles. The van der Waals surface area contributed by atoms with E-state index in [4.69, 9.17) is 4.42 Å². The van der Waals surface area contributed by atoms with Crippen molar-refractivity contribution in [3.8, 4) is 44.5 Å². The third-order valence-electron chi connectivity index (χ3n) is 13.5. The molecule has 0 atom stereocenters. The minimum absolute atomic E-state index is 0.126. The highest BCUT2D eigenvalue weighted by atomic mass is 16.3. The second-order valence-corrected chi connectivity index (χ2v) is 17.8. The second kappa shape index (κ2) is 16.0. The summed E-state index contributed by atoms with van der Waals surface area (Å²) in [7, 11) is 0. The number of anilines is 6. The minimum Gasteiger partial charge on any atom is -0.456 e. The first-order valence-electron chi connectivity index (χ1n) is 22.7. The van der Waals surface area contributed by atoms with Crippen molar-refractivity contribution in [2.24, 2.45) is 0 Å². The van der Waals surface area contributed by atoms with Gasteiger partial charge < -0.3 is 14.2 Å². The highest BCUT2D eigenvalue weighted by Crippen LogP contribution is 2.51. The molecule has 11 aromatic rings. The summed E-state index contributed by atoms with van der Waals surface area (Å²) in [4.78, 5) is 4.70. The predicted octanol–water partition coefficient (Wildman–Crippen LogP) is 17.8. The van der Waals surface area contributed by atoms with Crippen LogP contribution in [0.1, 0.15) is 25.0 Å². The quantitative estimate of drug-likeness (QED) is 0.144. The van der Waals surface area contributed by atoms with E-state index >= 15 is 0 Å². The fourth-order valence-electron chi connectivity index (χ4n) is 10.1. The number of rotatable bonds is 9. The number of furan rings is 1. The second-order valence-electron chi connectivity index (χ2n) is 17.8. The smallest absolute Gasteiger partial charge is 0.137 e. The molecule has 1 aromatic heterocycles. The zero-order valence-corrected chi connectivity index (χ0v) is 36.9. The van der Waals surface area contributed by atoms with Crippen molar-refractivity contribution < 1.29 is 4.42 Å². The molecule has 0 radical (unpaired) electrons. The summed E-state index contributed by atoms with van der Waals surface area (Å²) >= 11 is 0. The van der Waals surface area contributed by atoms with Crippen molar-refractivity contribution in [2.45, 2.75) is 19.3 Å². The Bertz CT molecular complexity index is 3430. The summed E-state index contributed by atoms with van der Waals surface area (Å²) in [6.07, 6.45) is 0. The molecule has 1 aliphatic carbocycles. The van der Waals surface area contributed by atoms with Gasteiger partial charge in [0.25, 0.3) is 0 Å². The molecule has 0 fully saturated rings. The first kappa shape index (κ1) is 39.2. The van der Waals surface area contributed by atoms with Gasteiger partial charge in [0.05, 0.1) is 0 Å². The fourth-order valence-corrected chi connectivity index (χ4v) is 10.1. The van der Waals surface area contributed by atoms with Gasteiger partial charge in [-0.05, 0) is 134 Å². The Morgan fingerprint density at radius 1 is 0.288 bits per heavy atom. The normalized spacial score (nSPS) is 12.5. The molecule has 0 N–H and O–H groups in total. The Morgan fingerprint density at radius 3 is 1.21 bits per heavy atom. The van der Waals surface area contributed by atoms with Crippen LogP contribution in [0.2, 0.25) is 0 Å². The highest BCUT2D eigenvalue weighted by Gasteiger charge is 2.35. The number of para-hydroxylation sites is 1. The van der Waals surface area contributed by atoms with Gasteiger partial charge in [0.2, 0.25) is 0 Å². The molecule has 1 heterocycles. The Morgan fingerprint density at radius 2 is 0.667 bits per heavy atom. The lowest BCUT2D eigenvalue weighted by Gasteiger charge is -2.28. The Balaban J connectivity index is 0.899. The molecule has 0 unspecified atom stereocenters. The molecule has 3 heteroatoms. The van der Waals surface area contributed by atoms with Crippen LogP contribution in [0.25, 0.3) is 66.4 Å². The zero-order valence-electron chi connectivity index (χ0n) is 36.9. The summed E-state index contributed by atoms with van der Waals surface area (Å²) in [6.45, 7) is 4.68. The average Bonchev–Trinajstić information content (AvgIpc) is 3.86. The van der Waals surface area contributed by atoms with Crippen LogP contribution >= 0.6 is 0 Å². The molecule has 12 rings (SSSR count). The van der Waals surface area contributed by atoms with E-state index in [9.17, 15) is 0 Å². The topological polar surface area (TPSA) is 19.6 Å². The molecule has 0 spiro atoms. The van der Waals surface area contributed by atoms with Crippen LogP contribution in [-0.2, 0) is 5.41 Å². The van der Waals surface area contributed by atoms with E-state index in [2.05, 4.69) is 254 Å². The summed E-state index contributed by atoms with van der Waals surface area (Å²) in [5, 5.41) is 2.24. The van der Waals surface area contributed by atoms with Crippen LogP contribution in [0, 0.1) is 0 Å². The Labute approximate surface area is 386 Å². The monoisotopic (exact) mass is 846 g/mol. The van der Waals surface area contributed by atoms with E-state index in [0.29, 0.717) is 0 Å². The number of benzene rings is 10. The van der Waals surface area contributed by atoms with Gasteiger partial charge in [-0.2, -0.15) is 0 Å². The first-order chi connectivity index (χ1) is 32.5. The van der Waals surface area contributed by atoms with Crippen molar-refractivity contribution in [3.05, 3.63) is 254 Å². The summed E-state index contributed by atoms with van der Waals surface area (Å²) in [6, 6.07) is 87.5. The maximum atomic E-state index is 6.44. The van der Waals surface area contributed by atoms with Crippen molar-refractivity contribution >= 4 is 56.1 Å². The van der Waals surface area contributed by atoms with Gasteiger partial charge in [-0.1, -0.05) is 172 Å². The molecular weight excluding hydrogens is 801 g/mol. The van der Waals surface area contributed by atoms with E-state index in [1.165, 1.54) is 44.5 Å². The lowest BCUT2D eigenvalue weighted by Crippen LogP contribution is -2.16. The van der Waals surface area contributed by atoms with Gasteiger partial charge in [-0.15, -0.1) is 0 Å². The molecule has 0 aliphatic heterocycles. The van der Waals surface area contributed by atoms with Crippen molar-refractivity contribution in [2.75, 3.05) is 9.80 Å². The minimum atomic E-state index is -0.126. The molecule has 10 aromatic carbocycles. The van der Waals surface area contributed by atoms with Crippen molar-refractivity contribution in [1.82, 2.24) is 0 Å². The Hall–Kier alpha value is -8.40. The molecule has 3 nitrogen and oxygen atoms in total. The van der Waals surface area contributed by atoms with Crippen LogP contribution in [0.4, 0.5) is 34.1 Å². The average molecular weight is 847 g/mol. The number of hydrogen-bond donors (Lipinski definition) is 0. The van der Waals surface area contributed by atoms with Crippen LogP contribution < -0.4 is 9.80 Å². The summed E-state index contributed by atoms with van der Waals surface area (Å²) in [5.41, 5.74) is 20.6. The van der Waals surface area contributed by atoms with Gasteiger partial charge >= 0.3 is 0 Å². The van der Waals surface area contributed by atoms with Crippen molar-refractivity contribution in [1.29, 1.82) is 0 Å². The maximum absolute atomic E-state index is 6.44. The number of hydrogen-bond acceptors (Lipinski definition) is 3. The zero-order chi connectivity index (χ0) is 44.2. The predicted molar refractivity (Wildman–Crippen MR) is 277 cm³/mol. The fraction of sp³-hybridized carbons (Fsp3) is 0.0476. The third kappa shape index (κ3) is 6.85. The van der Waals surface area contributed by atoms with Crippen LogP contribution in [-0.4, -0.2) is 0 Å². The van der Waals surface area contributed by atoms with Gasteiger partial charge in [0.15, 0.2) is 0 Å². The lowest BCUT2D eigenvalue weighted by molar-refractivity contribution is 0.660. The molecule has 0 saturated heterocycles. The van der Waals surface area contributed by atoms with E-state index in [0.717, 1.165) is 67.2 Å². The summed E-state index contributed by atoms with van der Waals surface area (Å²) < 4.78 is 6.44. The van der Waals surface area contributed by atoms with E-state index in [1.54, 1.807) is 0 Å². The van der Waals surface area contributed by atoms with Crippen LogP contribution in [0.3, 0.4) is 0 Å². The molecule has 0 bridgehead atoms. The SMILES string of the molecule is CC1(C)c2ccccc2-c2ccc(N(c3ccc(-c4ccc(N(c5ccc(-c6ccccc6)cc5)c5ccc(-c6ccccc6)cc5)cc4)cc3)c3ccc4c(c3)oc3ccccc34)cc21. The number of nitrogens with zero attached hydrogens (tertiary/aromatic N) is 2. The van der Waals surface area contributed by atoms with Gasteiger partial charge in [0.1, 0.15) is 11.2 Å². The molecule has 314 valence electrons. The molecule has 66 heavy (non-hydrogen) atoms. The van der Waals surface area contributed by atoms with E-state index in [1.807, 2.05) is 12.1 Å². The standard InChI is InChI=1S/C63H46N2O/c1-63(2)59-19-11-9-17-55(59)56-39-37-53(41-60(56)63)65(54-38-40-58-57-18-10-12-20-61(57)66-62(58)42-54)52-35-27-48(28-36-52)47-25-33-51(34-26-47)64(49-29-21-45(22-30-49)43-13-5-3-6-14-43)50-31-23-46(24-32-50)44-15-7-4-8-16-44/h3-42H,1-2H3. The molecular formula is C63H46N2O. The van der Waals surface area contributed by atoms with Gasteiger partial charge in [-0.3, -0.25) is 0 Å². The van der Waals surface area contributed by atoms with Crippen LogP contribution in [0.15, 0.2) is 247 Å². The Kier molecular flexibility index (Phi) is 9.50. The van der Waals surface area contributed by atoms with E-state index < -0.39 is 0 Å². The van der Waals surface area contributed by atoms with Crippen molar-refractivity contribution in [3.63, 3.8) is 0 Å². The van der Waals surface area contributed by atoms with E-state index in [-0.39, 0.29) is 5.41 Å². The van der Waals surface area contributed by atoms with Gasteiger partial charge in [-0.25, -0.2) is 0 Å². The first-order valence-corrected chi connectivity index (χ1v) is 22.7. The number of fused-ring (bicyclic) bond motifs is 6. The molecule has 1 aliphatic rings. The highest BCUT2D eigenvalue weighted by molar-refractivity contribution is 6.06. The largest absolute Gasteiger partial charge is 0.456 e. The third-order valence-corrected chi connectivity index (χ3v) is 13.5. The van der Waals surface area contributed by atoms with Gasteiger partial charge in [0, 0.05) is 56.4 Å². The molecule has 0 amide bonds. The maximum Gasteiger partial charge on any atom is 0.137 e. The summed E-state index contributed by atoms with van der Waals surface area (Å²) in [5.74, 6) is 0. The van der Waals surface area contributed by atoms with Crippen LogP contribution in [0.5, 0.6) is 0 Å². The lowest BCUT2D eigenvalue weighted by atomic mass is 9.82.